The average molecular weight is 419 g/mol. The van der Waals surface area contributed by atoms with Crippen LogP contribution in [0.15, 0.2) is 41.3 Å². The fourth-order valence-electron chi connectivity index (χ4n) is 2.66. The van der Waals surface area contributed by atoms with Crippen molar-refractivity contribution < 1.29 is 21.2 Å². The number of rotatable bonds is 4. The zero-order chi connectivity index (χ0) is 19.1. The first-order chi connectivity index (χ1) is 12.1. The summed E-state index contributed by atoms with van der Waals surface area (Å²) in [5, 5.41) is 0.0620. The minimum absolute atomic E-state index is 0.0620. The van der Waals surface area contributed by atoms with E-state index in [-0.39, 0.29) is 26.9 Å². The number of aryl methyl sites for hydroxylation is 1. The van der Waals surface area contributed by atoms with E-state index in [0.29, 0.717) is 18.7 Å². The van der Waals surface area contributed by atoms with Gasteiger partial charge in [0.25, 0.3) is 10.0 Å². The van der Waals surface area contributed by atoms with Crippen molar-refractivity contribution in [1.29, 1.82) is 0 Å². The van der Waals surface area contributed by atoms with Crippen LogP contribution in [0, 0.1) is 12.7 Å². The maximum atomic E-state index is 13.3. The summed E-state index contributed by atoms with van der Waals surface area (Å²) in [6.45, 7) is 1.82. The van der Waals surface area contributed by atoms with Gasteiger partial charge in [0, 0.05) is 6.54 Å². The molecule has 0 atom stereocenters. The van der Waals surface area contributed by atoms with Crippen molar-refractivity contribution in [1.82, 2.24) is 0 Å². The third-order valence-electron chi connectivity index (χ3n) is 4.02. The van der Waals surface area contributed by atoms with E-state index >= 15 is 0 Å². The molecule has 1 aliphatic rings. The lowest BCUT2D eigenvalue weighted by Crippen LogP contribution is -2.25. The molecule has 0 bridgehead atoms. The van der Waals surface area contributed by atoms with Gasteiger partial charge in [-0.15, -0.1) is 0 Å². The molecule has 1 fully saturated rings. The molecule has 3 rings (SSSR count). The van der Waals surface area contributed by atoms with Crippen molar-refractivity contribution in [3.05, 3.63) is 52.8 Å². The molecule has 10 heteroatoms. The fourth-order valence-corrected chi connectivity index (χ4v) is 5.66. The van der Waals surface area contributed by atoms with E-state index in [4.69, 9.17) is 11.6 Å². The summed E-state index contributed by atoms with van der Waals surface area (Å²) >= 11 is 6.14. The molecule has 0 amide bonds. The van der Waals surface area contributed by atoms with Crippen molar-refractivity contribution in [2.75, 3.05) is 21.3 Å². The Morgan fingerprint density at radius 1 is 1.19 bits per heavy atom. The van der Waals surface area contributed by atoms with Crippen LogP contribution in [-0.4, -0.2) is 29.1 Å². The van der Waals surface area contributed by atoms with Gasteiger partial charge < -0.3 is 0 Å². The van der Waals surface area contributed by atoms with Crippen LogP contribution in [0.1, 0.15) is 12.0 Å². The first-order valence-corrected chi connectivity index (χ1v) is 11.2. The Morgan fingerprint density at radius 2 is 1.92 bits per heavy atom. The van der Waals surface area contributed by atoms with Crippen LogP contribution in [0.2, 0.25) is 5.02 Å². The smallest absolute Gasteiger partial charge is 0.261 e. The van der Waals surface area contributed by atoms with Gasteiger partial charge in [-0.1, -0.05) is 11.6 Å². The van der Waals surface area contributed by atoms with E-state index in [1.165, 1.54) is 35.5 Å². The van der Waals surface area contributed by atoms with E-state index in [9.17, 15) is 21.2 Å². The number of nitrogens with zero attached hydrogens (tertiary/aromatic N) is 1. The number of anilines is 2. The topological polar surface area (TPSA) is 83.6 Å². The summed E-state index contributed by atoms with van der Waals surface area (Å²) < 4.78 is 65.8. The van der Waals surface area contributed by atoms with Gasteiger partial charge in [0.15, 0.2) is 0 Å². The Kier molecular flexibility index (Phi) is 4.89. The standard InChI is InChI=1S/C16H16ClFN2O4S2/c1-11-9-13(4-5-15(11)18)26(23,24)19-16-6-3-12(10-14(16)17)20-7-2-8-25(20,21)22/h3-6,9-10,19H,2,7-8H2,1H3. The molecule has 1 heterocycles. The second-order valence-electron chi connectivity index (χ2n) is 5.92. The Morgan fingerprint density at radius 3 is 2.50 bits per heavy atom. The average Bonchev–Trinajstić information content (AvgIpc) is 2.91. The molecule has 26 heavy (non-hydrogen) atoms. The van der Waals surface area contributed by atoms with Gasteiger partial charge >= 0.3 is 0 Å². The molecule has 0 radical (unpaired) electrons. The van der Waals surface area contributed by atoms with Crippen LogP contribution in [0.3, 0.4) is 0 Å². The number of halogens is 2. The Hall–Kier alpha value is -1.84. The molecular formula is C16H16ClFN2O4S2. The molecule has 1 saturated heterocycles. The van der Waals surface area contributed by atoms with Gasteiger partial charge in [0.2, 0.25) is 10.0 Å². The monoisotopic (exact) mass is 418 g/mol. The SMILES string of the molecule is Cc1cc(S(=O)(=O)Nc2ccc(N3CCCS3(=O)=O)cc2Cl)ccc1F. The van der Waals surface area contributed by atoms with Crippen LogP contribution in [-0.2, 0) is 20.0 Å². The highest BCUT2D eigenvalue weighted by Gasteiger charge is 2.29. The number of benzene rings is 2. The normalized spacial score (nSPS) is 16.7. The molecule has 0 aromatic heterocycles. The van der Waals surface area contributed by atoms with Crippen molar-refractivity contribution in [2.45, 2.75) is 18.2 Å². The molecule has 2 aromatic carbocycles. The summed E-state index contributed by atoms with van der Waals surface area (Å²) in [5.74, 6) is -0.429. The number of hydrogen-bond acceptors (Lipinski definition) is 4. The minimum Gasteiger partial charge on any atom is -0.278 e. The van der Waals surface area contributed by atoms with Gasteiger partial charge in [-0.3, -0.25) is 9.03 Å². The van der Waals surface area contributed by atoms with Crippen LogP contribution in [0.25, 0.3) is 0 Å². The predicted octanol–water partition coefficient (Wildman–Crippen LogP) is 3.13. The molecule has 0 aliphatic carbocycles. The van der Waals surface area contributed by atoms with Crippen molar-refractivity contribution >= 4 is 43.0 Å². The summed E-state index contributed by atoms with van der Waals surface area (Å²) in [6.07, 6.45) is 0.526. The molecule has 1 aliphatic heterocycles. The second-order valence-corrected chi connectivity index (χ2v) is 10.0. The highest BCUT2D eigenvalue weighted by atomic mass is 35.5. The lowest BCUT2D eigenvalue weighted by atomic mass is 10.2. The number of nitrogens with one attached hydrogen (secondary N) is 1. The van der Waals surface area contributed by atoms with E-state index in [1.807, 2.05) is 0 Å². The van der Waals surface area contributed by atoms with Crippen LogP contribution < -0.4 is 9.03 Å². The van der Waals surface area contributed by atoms with E-state index in [2.05, 4.69) is 4.72 Å². The van der Waals surface area contributed by atoms with E-state index in [1.54, 1.807) is 0 Å². The highest BCUT2D eigenvalue weighted by Crippen LogP contribution is 2.32. The minimum atomic E-state index is -3.96. The Balaban J connectivity index is 1.89. The molecule has 0 spiro atoms. The van der Waals surface area contributed by atoms with E-state index in [0.717, 1.165) is 12.1 Å². The van der Waals surface area contributed by atoms with Gasteiger partial charge in [0.05, 0.1) is 27.0 Å². The van der Waals surface area contributed by atoms with Gasteiger partial charge in [-0.25, -0.2) is 21.2 Å². The van der Waals surface area contributed by atoms with Crippen LogP contribution >= 0.6 is 11.6 Å². The second kappa shape index (κ2) is 6.71. The molecule has 1 N–H and O–H groups in total. The van der Waals surface area contributed by atoms with Crippen molar-refractivity contribution in [2.24, 2.45) is 0 Å². The predicted molar refractivity (Wildman–Crippen MR) is 99.1 cm³/mol. The maximum Gasteiger partial charge on any atom is 0.261 e. The molecule has 2 aromatic rings. The lowest BCUT2D eigenvalue weighted by Gasteiger charge is -2.18. The van der Waals surface area contributed by atoms with E-state index < -0.39 is 25.9 Å². The zero-order valence-corrected chi connectivity index (χ0v) is 16.1. The first kappa shape index (κ1) is 18.9. The quantitative estimate of drug-likeness (QED) is 0.826. The van der Waals surface area contributed by atoms with Gasteiger partial charge in [-0.05, 0) is 55.3 Å². The zero-order valence-electron chi connectivity index (χ0n) is 13.7. The molecule has 0 saturated carbocycles. The molecule has 0 unspecified atom stereocenters. The first-order valence-electron chi connectivity index (χ1n) is 7.69. The van der Waals surface area contributed by atoms with Crippen molar-refractivity contribution in [3.63, 3.8) is 0 Å². The third-order valence-corrected chi connectivity index (χ3v) is 7.57. The molecule has 6 nitrogen and oxygen atoms in total. The van der Waals surface area contributed by atoms with Gasteiger partial charge in [0.1, 0.15) is 5.82 Å². The molecule has 140 valence electrons. The largest absolute Gasteiger partial charge is 0.278 e. The summed E-state index contributed by atoms with van der Waals surface area (Å²) in [6, 6.07) is 7.74. The molecular weight excluding hydrogens is 403 g/mol. The number of hydrogen-bond donors (Lipinski definition) is 1. The number of sulfonamides is 2. The van der Waals surface area contributed by atoms with Crippen LogP contribution in [0.5, 0.6) is 0 Å². The van der Waals surface area contributed by atoms with Crippen LogP contribution in [0.4, 0.5) is 15.8 Å². The Labute approximate surface area is 156 Å². The Bertz CT molecular complexity index is 1070. The lowest BCUT2D eigenvalue weighted by molar-refractivity contribution is 0.597. The summed E-state index contributed by atoms with van der Waals surface area (Å²) in [7, 11) is -7.32. The summed E-state index contributed by atoms with van der Waals surface area (Å²) in [4.78, 5) is -0.0985. The summed E-state index contributed by atoms with van der Waals surface area (Å²) in [5.41, 5.74) is 0.690. The fraction of sp³-hybridized carbons (Fsp3) is 0.250. The third kappa shape index (κ3) is 3.65. The highest BCUT2D eigenvalue weighted by molar-refractivity contribution is 7.93. The maximum absolute atomic E-state index is 13.3. The van der Waals surface area contributed by atoms with Gasteiger partial charge in [-0.2, -0.15) is 0 Å². The van der Waals surface area contributed by atoms with Crippen molar-refractivity contribution in [3.8, 4) is 0 Å².